The van der Waals surface area contributed by atoms with Crippen LogP contribution in [0.2, 0.25) is 0 Å². The first-order valence-electron chi connectivity index (χ1n) is 4.29. The number of aromatic nitrogens is 2. The Balaban J connectivity index is 2.63. The zero-order valence-electron chi connectivity index (χ0n) is 7.12. The summed E-state index contributed by atoms with van der Waals surface area (Å²) in [5, 5.41) is 0. The minimum absolute atomic E-state index is 0.253. The van der Waals surface area contributed by atoms with Crippen LogP contribution in [0.15, 0.2) is 27.9 Å². The molecule has 0 atom stereocenters. The fourth-order valence-corrected chi connectivity index (χ4v) is 1.55. The number of hydrogen-bond donors (Lipinski definition) is 1. The molecule has 0 aliphatic heterocycles. The predicted octanol–water partition coefficient (Wildman–Crippen LogP) is 0.561. The lowest BCUT2D eigenvalue weighted by Gasteiger charge is -2.02. The van der Waals surface area contributed by atoms with Crippen molar-refractivity contribution in [3.63, 3.8) is 0 Å². The van der Waals surface area contributed by atoms with Crippen LogP contribution in [-0.4, -0.2) is 9.55 Å². The summed E-state index contributed by atoms with van der Waals surface area (Å²) < 4.78 is 1.20. The molecule has 13 heavy (non-hydrogen) atoms. The third-order valence-electron chi connectivity index (χ3n) is 2.16. The molecular weight excluding hydrogens is 168 g/mol. The van der Waals surface area contributed by atoms with Crippen molar-refractivity contribution in [3.8, 4) is 0 Å². The summed E-state index contributed by atoms with van der Waals surface area (Å²) in [7, 11) is 0. The zero-order chi connectivity index (χ0) is 9.26. The number of rotatable bonds is 1. The second-order valence-corrected chi connectivity index (χ2v) is 3.04. The molecule has 0 unspecified atom stereocenters. The Morgan fingerprint density at radius 1 is 1.38 bits per heavy atom. The van der Waals surface area contributed by atoms with E-state index in [1.54, 1.807) is 0 Å². The van der Waals surface area contributed by atoms with Gasteiger partial charge in [-0.1, -0.05) is 6.08 Å². The van der Waals surface area contributed by atoms with Crippen molar-refractivity contribution >= 4 is 5.70 Å². The minimum Gasteiger partial charge on any atom is -0.314 e. The summed E-state index contributed by atoms with van der Waals surface area (Å²) >= 11 is 0. The lowest BCUT2D eigenvalue weighted by molar-refractivity contribution is 0.842. The van der Waals surface area contributed by atoms with Crippen LogP contribution < -0.4 is 11.2 Å². The molecule has 1 N–H and O–H groups in total. The van der Waals surface area contributed by atoms with Crippen molar-refractivity contribution in [1.82, 2.24) is 9.55 Å². The Kier molecular flexibility index (Phi) is 1.88. The summed E-state index contributed by atoms with van der Waals surface area (Å²) in [5.74, 6) is 0. The maximum Gasteiger partial charge on any atom is 0.332 e. The van der Waals surface area contributed by atoms with Crippen molar-refractivity contribution in [2.24, 2.45) is 0 Å². The summed E-state index contributed by atoms with van der Waals surface area (Å²) in [6.45, 7) is 0. The predicted molar refractivity (Wildman–Crippen MR) is 49.4 cm³/mol. The van der Waals surface area contributed by atoms with Gasteiger partial charge in [-0.2, -0.15) is 0 Å². The van der Waals surface area contributed by atoms with Crippen LogP contribution in [0.5, 0.6) is 0 Å². The summed E-state index contributed by atoms with van der Waals surface area (Å²) in [6.07, 6.45) is 6.10. The molecule has 4 heteroatoms. The highest BCUT2D eigenvalue weighted by molar-refractivity contribution is 5.46. The van der Waals surface area contributed by atoms with E-state index in [9.17, 15) is 9.59 Å². The van der Waals surface area contributed by atoms with Crippen LogP contribution >= 0.6 is 0 Å². The molecule has 1 aliphatic carbocycles. The van der Waals surface area contributed by atoms with Gasteiger partial charge in [0.25, 0.3) is 5.56 Å². The molecule has 1 heterocycles. The standard InChI is InChI=1S/C9H10N2O2/c12-8-5-6-10-9(13)11(8)7-3-1-2-4-7/h3,5-6H,1-2,4H2,(H,10,13). The number of hydrogen-bond acceptors (Lipinski definition) is 2. The van der Waals surface area contributed by atoms with Crippen molar-refractivity contribution in [2.75, 3.05) is 0 Å². The zero-order valence-corrected chi connectivity index (χ0v) is 7.12. The number of nitrogens with one attached hydrogen (secondary N) is 1. The first-order valence-corrected chi connectivity index (χ1v) is 4.29. The number of nitrogens with zero attached hydrogens (tertiary/aromatic N) is 1. The average molecular weight is 178 g/mol. The SMILES string of the molecule is O=c1cc[nH]c(=O)n1C1=CCCC1. The molecule has 0 aromatic carbocycles. The van der Waals surface area contributed by atoms with E-state index in [0.29, 0.717) is 0 Å². The molecular formula is C9H10N2O2. The first kappa shape index (κ1) is 8.04. The van der Waals surface area contributed by atoms with Crippen LogP contribution in [-0.2, 0) is 0 Å². The van der Waals surface area contributed by atoms with E-state index in [1.807, 2.05) is 6.08 Å². The smallest absolute Gasteiger partial charge is 0.314 e. The Morgan fingerprint density at radius 2 is 2.23 bits per heavy atom. The van der Waals surface area contributed by atoms with E-state index in [0.717, 1.165) is 25.0 Å². The lowest BCUT2D eigenvalue weighted by Crippen LogP contribution is -2.32. The van der Waals surface area contributed by atoms with Gasteiger partial charge in [0.2, 0.25) is 0 Å². The third-order valence-corrected chi connectivity index (χ3v) is 2.16. The first-order chi connectivity index (χ1) is 6.29. The molecule has 0 spiro atoms. The van der Waals surface area contributed by atoms with E-state index in [-0.39, 0.29) is 11.2 Å². The fourth-order valence-electron chi connectivity index (χ4n) is 1.55. The summed E-state index contributed by atoms with van der Waals surface area (Å²) in [5.41, 5.74) is 0.226. The Morgan fingerprint density at radius 3 is 2.85 bits per heavy atom. The summed E-state index contributed by atoms with van der Waals surface area (Å²) in [4.78, 5) is 25.1. The molecule has 0 amide bonds. The van der Waals surface area contributed by atoms with E-state index in [2.05, 4.69) is 4.98 Å². The molecule has 1 aliphatic rings. The van der Waals surface area contributed by atoms with Gasteiger partial charge in [0.1, 0.15) is 0 Å². The highest BCUT2D eigenvalue weighted by atomic mass is 16.2. The molecule has 1 aromatic rings. The van der Waals surface area contributed by atoms with Gasteiger partial charge in [-0.3, -0.25) is 4.79 Å². The number of allylic oxidation sites excluding steroid dienone is 2. The molecule has 0 saturated heterocycles. The third kappa shape index (κ3) is 1.35. The van der Waals surface area contributed by atoms with Crippen LogP contribution in [0.1, 0.15) is 19.3 Å². The van der Waals surface area contributed by atoms with E-state index < -0.39 is 0 Å². The van der Waals surface area contributed by atoms with Crippen LogP contribution in [0.4, 0.5) is 0 Å². The molecule has 0 radical (unpaired) electrons. The van der Waals surface area contributed by atoms with E-state index in [4.69, 9.17) is 0 Å². The summed E-state index contributed by atoms with van der Waals surface area (Å²) in [6, 6.07) is 1.36. The van der Waals surface area contributed by atoms with Gasteiger partial charge < -0.3 is 4.98 Å². The molecule has 0 fully saturated rings. The maximum absolute atomic E-state index is 11.3. The van der Waals surface area contributed by atoms with Gasteiger partial charge in [-0.05, 0) is 19.3 Å². The number of H-pyrrole nitrogens is 1. The van der Waals surface area contributed by atoms with E-state index in [1.165, 1.54) is 16.8 Å². The maximum atomic E-state index is 11.3. The van der Waals surface area contributed by atoms with Crippen LogP contribution in [0.25, 0.3) is 5.70 Å². The molecule has 0 saturated carbocycles. The van der Waals surface area contributed by atoms with Crippen LogP contribution in [0.3, 0.4) is 0 Å². The van der Waals surface area contributed by atoms with Gasteiger partial charge in [-0.15, -0.1) is 0 Å². The molecule has 1 aromatic heterocycles. The largest absolute Gasteiger partial charge is 0.332 e. The highest BCUT2D eigenvalue weighted by Gasteiger charge is 2.10. The van der Waals surface area contributed by atoms with Gasteiger partial charge in [0.15, 0.2) is 0 Å². The van der Waals surface area contributed by atoms with Crippen molar-refractivity contribution in [2.45, 2.75) is 19.3 Å². The second-order valence-electron chi connectivity index (χ2n) is 3.04. The minimum atomic E-state index is -0.347. The number of aromatic amines is 1. The van der Waals surface area contributed by atoms with Gasteiger partial charge >= 0.3 is 5.69 Å². The molecule has 2 rings (SSSR count). The molecule has 68 valence electrons. The second kappa shape index (κ2) is 3.05. The topological polar surface area (TPSA) is 54.9 Å². The van der Waals surface area contributed by atoms with Crippen molar-refractivity contribution in [1.29, 1.82) is 0 Å². The Hall–Kier alpha value is -1.58. The lowest BCUT2D eigenvalue weighted by atomic mass is 10.3. The highest BCUT2D eigenvalue weighted by Crippen LogP contribution is 2.18. The quantitative estimate of drug-likeness (QED) is 0.683. The normalized spacial score (nSPS) is 15.8. The Labute approximate surface area is 74.5 Å². The monoisotopic (exact) mass is 178 g/mol. The van der Waals surface area contributed by atoms with E-state index >= 15 is 0 Å². The van der Waals surface area contributed by atoms with Crippen molar-refractivity contribution in [3.05, 3.63) is 39.2 Å². The molecule has 0 bridgehead atoms. The van der Waals surface area contributed by atoms with Gasteiger partial charge in [0.05, 0.1) is 0 Å². The molecule has 4 nitrogen and oxygen atoms in total. The van der Waals surface area contributed by atoms with Crippen LogP contribution in [0, 0.1) is 0 Å². The average Bonchev–Trinajstić information content (AvgIpc) is 2.57. The fraction of sp³-hybridized carbons (Fsp3) is 0.333. The Bertz CT molecular complexity index is 425. The van der Waals surface area contributed by atoms with Gasteiger partial charge in [-0.25, -0.2) is 9.36 Å². The van der Waals surface area contributed by atoms with Crippen molar-refractivity contribution < 1.29 is 0 Å². The van der Waals surface area contributed by atoms with Gasteiger partial charge in [0, 0.05) is 18.0 Å².